The fraction of sp³-hybridized carbons (Fsp3) is 0.733. The number of rotatable bonds is 4. The van der Waals surface area contributed by atoms with Crippen LogP contribution in [-0.2, 0) is 11.2 Å². The molecule has 0 spiro atoms. The van der Waals surface area contributed by atoms with Gasteiger partial charge in [-0.25, -0.2) is 9.97 Å². The zero-order valence-electron chi connectivity index (χ0n) is 13.0. The van der Waals surface area contributed by atoms with Gasteiger partial charge in [0.2, 0.25) is 0 Å². The molecule has 5 heteroatoms. The van der Waals surface area contributed by atoms with Gasteiger partial charge in [0.05, 0.1) is 6.61 Å². The summed E-state index contributed by atoms with van der Waals surface area (Å²) in [4.78, 5) is 11.6. The van der Waals surface area contributed by atoms with Crippen molar-refractivity contribution in [3.63, 3.8) is 0 Å². The highest BCUT2D eigenvalue weighted by molar-refractivity contribution is 5.13. The topological polar surface area (TPSA) is 64.3 Å². The van der Waals surface area contributed by atoms with Gasteiger partial charge in [0.25, 0.3) is 0 Å². The molecule has 0 radical (unpaired) electrons. The van der Waals surface area contributed by atoms with E-state index in [1.807, 2.05) is 19.9 Å². The van der Waals surface area contributed by atoms with Crippen molar-refractivity contribution in [3.8, 4) is 0 Å². The normalized spacial score (nSPS) is 22.2. The SMILES string of the molecule is Cc1cc(CC(C)N)nc(C2CN(C(C)C)CCO2)n1. The smallest absolute Gasteiger partial charge is 0.158 e. The lowest BCUT2D eigenvalue weighted by Crippen LogP contribution is -2.42. The van der Waals surface area contributed by atoms with Gasteiger partial charge < -0.3 is 10.5 Å². The lowest BCUT2D eigenvalue weighted by atomic mass is 10.1. The number of hydrogen-bond acceptors (Lipinski definition) is 5. The number of hydrogen-bond donors (Lipinski definition) is 1. The van der Waals surface area contributed by atoms with Crippen molar-refractivity contribution in [1.29, 1.82) is 0 Å². The molecule has 1 aromatic heterocycles. The van der Waals surface area contributed by atoms with E-state index in [0.29, 0.717) is 6.04 Å². The van der Waals surface area contributed by atoms with Gasteiger partial charge >= 0.3 is 0 Å². The van der Waals surface area contributed by atoms with Crippen molar-refractivity contribution in [2.24, 2.45) is 5.73 Å². The van der Waals surface area contributed by atoms with Gasteiger partial charge in [-0.3, -0.25) is 4.90 Å². The number of aryl methyl sites for hydroxylation is 1. The van der Waals surface area contributed by atoms with E-state index in [-0.39, 0.29) is 12.1 Å². The second kappa shape index (κ2) is 6.61. The Balaban J connectivity index is 2.16. The van der Waals surface area contributed by atoms with Gasteiger partial charge in [-0.05, 0) is 33.8 Å². The molecule has 2 unspecified atom stereocenters. The Morgan fingerprint density at radius 3 is 2.80 bits per heavy atom. The van der Waals surface area contributed by atoms with Crippen molar-refractivity contribution in [1.82, 2.24) is 14.9 Å². The first-order valence-corrected chi connectivity index (χ1v) is 7.41. The number of nitrogens with two attached hydrogens (primary N) is 1. The monoisotopic (exact) mass is 278 g/mol. The molecule has 1 aromatic rings. The van der Waals surface area contributed by atoms with E-state index in [1.54, 1.807) is 0 Å². The Morgan fingerprint density at radius 2 is 2.15 bits per heavy atom. The number of nitrogens with zero attached hydrogens (tertiary/aromatic N) is 3. The van der Waals surface area contributed by atoms with Gasteiger partial charge in [-0.2, -0.15) is 0 Å². The van der Waals surface area contributed by atoms with E-state index < -0.39 is 0 Å². The average molecular weight is 278 g/mol. The second-order valence-corrected chi connectivity index (χ2v) is 5.99. The molecule has 0 amide bonds. The van der Waals surface area contributed by atoms with Crippen LogP contribution in [0.15, 0.2) is 6.07 Å². The molecule has 0 aliphatic carbocycles. The molecule has 0 bridgehead atoms. The van der Waals surface area contributed by atoms with Gasteiger partial charge in [-0.15, -0.1) is 0 Å². The number of aromatic nitrogens is 2. The Bertz CT molecular complexity index is 447. The van der Waals surface area contributed by atoms with Gasteiger partial charge in [0.15, 0.2) is 5.82 Å². The molecular formula is C15H26N4O. The van der Waals surface area contributed by atoms with Crippen LogP contribution in [0, 0.1) is 6.92 Å². The van der Waals surface area contributed by atoms with Crippen molar-refractivity contribution in [3.05, 3.63) is 23.3 Å². The molecule has 1 saturated heterocycles. The summed E-state index contributed by atoms with van der Waals surface area (Å²) < 4.78 is 5.86. The van der Waals surface area contributed by atoms with Gasteiger partial charge in [-0.1, -0.05) is 0 Å². The van der Waals surface area contributed by atoms with E-state index in [2.05, 4.69) is 28.7 Å². The van der Waals surface area contributed by atoms with Crippen LogP contribution < -0.4 is 5.73 Å². The largest absolute Gasteiger partial charge is 0.368 e. The molecule has 2 N–H and O–H groups in total. The molecular weight excluding hydrogens is 252 g/mol. The van der Waals surface area contributed by atoms with Crippen LogP contribution in [0.25, 0.3) is 0 Å². The maximum absolute atomic E-state index is 5.86. The zero-order chi connectivity index (χ0) is 14.7. The summed E-state index contributed by atoms with van der Waals surface area (Å²) in [6.07, 6.45) is 0.745. The second-order valence-electron chi connectivity index (χ2n) is 5.99. The van der Waals surface area contributed by atoms with Crippen molar-refractivity contribution < 1.29 is 4.74 Å². The lowest BCUT2D eigenvalue weighted by molar-refractivity contribution is -0.0444. The van der Waals surface area contributed by atoms with Gasteiger partial charge in [0.1, 0.15) is 6.10 Å². The Hall–Kier alpha value is -1.04. The minimum Gasteiger partial charge on any atom is -0.368 e. The van der Waals surface area contributed by atoms with Crippen LogP contribution in [0.1, 0.15) is 44.1 Å². The highest BCUT2D eigenvalue weighted by Gasteiger charge is 2.26. The van der Waals surface area contributed by atoms with Crippen LogP contribution >= 0.6 is 0 Å². The first-order chi connectivity index (χ1) is 9.45. The van der Waals surface area contributed by atoms with E-state index in [1.165, 1.54) is 0 Å². The molecule has 0 aromatic carbocycles. The quantitative estimate of drug-likeness (QED) is 0.903. The van der Waals surface area contributed by atoms with E-state index in [4.69, 9.17) is 10.5 Å². The predicted octanol–water partition coefficient (Wildman–Crippen LogP) is 1.46. The van der Waals surface area contributed by atoms with E-state index in [9.17, 15) is 0 Å². The molecule has 1 fully saturated rings. The summed E-state index contributed by atoms with van der Waals surface area (Å²) in [6, 6.07) is 2.64. The molecule has 5 nitrogen and oxygen atoms in total. The zero-order valence-corrected chi connectivity index (χ0v) is 13.0. The fourth-order valence-corrected chi connectivity index (χ4v) is 2.53. The molecule has 0 saturated carbocycles. The highest BCUT2D eigenvalue weighted by atomic mass is 16.5. The molecule has 1 aliphatic rings. The highest BCUT2D eigenvalue weighted by Crippen LogP contribution is 2.21. The van der Waals surface area contributed by atoms with Crippen molar-refractivity contribution >= 4 is 0 Å². The fourth-order valence-electron chi connectivity index (χ4n) is 2.53. The predicted molar refractivity (Wildman–Crippen MR) is 79.5 cm³/mol. The molecule has 2 rings (SSSR count). The number of morpholine rings is 1. The van der Waals surface area contributed by atoms with E-state index >= 15 is 0 Å². The van der Waals surface area contributed by atoms with Crippen LogP contribution in [0.2, 0.25) is 0 Å². The summed E-state index contributed by atoms with van der Waals surface area (Å²) in [7, 11) is 0. The van der Waals surface area contributed by atoms with Gasteiger partial charge in [0, 0.05) is 43.0 Å². The third-order valence-electron chi connectivity index (χ3n) is 3.57. The molecule has 2 atom stereocenters. The minimum atomic E-state index is -0.0297. The maximum Gasteiger partial charge on any atom is 0.158 e. The van der Waals surface area contributed by atoms with Crippen LogP contribution in [0.4, 0.5) is 0 Å². The molecule has 2 heterocycles. The number of ether oxygens (including phenoxy) is 1. The third kappa shape index (κ3) is 3.98. The molecule has 112 valence electrons. The van der Waals surface area contributed by atoms with Crippen LogP contribution in [0.5, 0.6) is 0 Å². The summed E-state index contributed by atoms with van der Waals surface area (Å²) in [6.45, 7) is 11.0. The Kier molecular flexibility index (Phi) is 5.07. The summed E-state index contributed by atoms with van der Waals surface area (Å²) in [5.41, 5.74) is 7.85. The molecule has 20 heavy (non-hydrogen) atoms. The maximum atomic E-state index is 5.86. The lowest BCUT2D eigenvalue weighted by Gasteiger charge is -2.34. The average Bonchev–Trinajstić information content (AvgIpc) is 2.37. The summed E-state index contributed by atoms with van der Waals surface area (Å²) in [5, 5.41) is 0. The van der Waals surface area contributed by atoms with Crippen molar-refractivity contribution in [2.45, 2.75) is 52.3 Å². The standard InChI is InChI=1S/C15H26N4O/c1-10(2)19-5-6-20-14(9-19)15-17-12(4)8-13(18-15)7-11(3)16/h8,10-11,14H,5-7,9,16H2,1-4H3. The summed E-state index contributed by atoms with van der Waals surface area (Å²) in [5.74, 6) is 0.797. The summed E-state index contributed by atoms with van der Waals surface area (Å²) >= 11 is 0. The Labute approximate surface area is 121 Å². The Morgan fingerprint density at radius 1 is 1.40 bits per heavy atom. The van der Waals surface area contributed by atoms with Crippen LogP contribution in [0.3, 0.4) is 0 Å². The third-order valence-corrected chi connectivity index (χ3v) is 3.57. The van der Waals surface area contributed by atoms with Crippen LogP contribution in [-0.4, -0.2) is 46.6 Å². The molecule has 1 aliphatic heterocycles. The van der Waals surface area contributed by atoms with E-state index in [0.717, 1.165) is 43.3 Å². The van der Waals surface area contributed by atoms with Crippen molar-refractivity contribution in [2.75, 3.05) is 19.7 Å². The first-order valence-electron chi connectivity index (χ1n) is 7.41. The minimum absolute atomic E-state index is 0.0297. The first kappa shape index (κ1) is 15.4.